The van der Waals surface area contributed by atoms with Gasteiger partial charge >= 0.3 is 0 Å². The Bertz CT molecular complexity index is 1360. The van der Waals surface area contributed by atoms with E-state index in [1.165, 1.54) is 30.5 Å². The number of nitrogens with zero attached hydrogens (tertiary/aromatic N) is 2. The smallest absolute Gasteiger partial charge is 0.269 e. The largest absolute Gasteiger partial charge is 0.506 e. The van der Waals surface area contributed by atoms with Crippen molar-refractivity contribution >= 4 is 40.0 Å². The van der Waals surface area contributed by atoms with Gasteiger partial charge in [-0.2, -0.15) is 0 Å². The van der Waals surface area contributed by atoms with Crippen molar-refractivity contribution in [3.8, 4) is 5.75 Å². The molecular formula is C25H19N3O4. The van der Waals surface area contributed by atoms with Crippen LogP contribution in [0.5, 0.6) is 5.75 Å². The summed E-state index contributed by atoms with van der Waals surface area (Å²) in [7, 11) is 0. The summed E-state index contributed by atoms with van der Waals surface area (Å²) >= 11 is 0. The number of nitro benzene ring substituents is 1. The SMILES string of the molecule is Cc1ccccc1NC(=O)c1cc2ccccc2c(C=Nc2ccc([N+](=O)[O-])cc2)c1O. The van der Waals surface area contributed by atoms with E-state index in [1.54, 1.807) is 12.1 Å². The van der Waals surface area contributed by atoms with Crippen molar-refractivity contribution in [3.63, 3.8) is 0 Å². The Morgan fingerprint density at radius 3 is 2.44 bits per heavy atom. The molecule has 0 aliphatic rings. The van der Waals surface area contributed by atoms with E-state index in [-0.39, 0.29) is 17.0 Å². The van der Waals surface area contributed by atoms with Crippen LogP contribution in [0.1, 0.15) is 21.5 Å². The predicted molar refractivity (Wildman–Crippen MR) is 125 cm³/mol. The van der Waals surface area contributed by atoms with Crippen molar-refractivity contribution in [2.45, 2.75) is 6.92 Å². The summed E-state index contributed by atoms with van der Waals surface area (Å²) in [6.07, 6.45) is 1.46. The van der Waals surface area contributed by atoms with Gasteiger partial charge in [-0.1, -0.05) is 42.5 Å². The van der Waals surface area contributed by atoms with Crippen molar-refractivity contribution in [3.05, 3.63) is 106 Å². The van der Waals surface area contributed by atoms with Crippen LogP contribution in [0.3, 0.4) is 0 Å². The molecule has 4 rings (SSSR count). The first kappa shape index (κ1) is 20.7. The van der Waals surface area contributed by atoms with Gasteiger partial charge in [0.05, 0.1) is 16.2 Å². The molecule has 0 saturated heterocycles. The molecular weight excluding hydrogens is 406 g/mol. The third kappa shape index (κ3) is 4.17. The number of phenolic OH excluding ortho intramolecular Hbond substituents is 1. The number of phenols is 1. The summed E-state index contributed by atoms with van der Waals surface area (Å²) in [5.74, 6) is -0.631. The molecule has 0 fully saturated rings. The number of aryl methyl sites for hydroxylation is 1. The van der Waals surface area contributed by atoms with Gasteiger partial charge < -0.3 is 10.4 Å². The van der Waals surface area contributed by atoms with E-state index >= 15 is 0 Å². The Morgan fingerprint density at radius 1 is 1.03 bits per heavy atom. The van der Waals surface area contributed by atoms with Gasteiger partial charge in [-0.3, -0.25) is 19.9 Å². The van der Waals surface area contributed by atoms with E-state index in [2.05, 4.69) is 10.3 Å². The number of anilines is 1. The molecule has 4 aromatic carbocycles. The molecule has 32 heavy (non-hydrogen) atoms. The lowest BCUT2D eigenvalue weighted by molar-refractivity contribution is -0.384. The predicted octanol–water partition coefficient (Wildman–Crippen LogP) is 5.76. The topological polar surface area (TPSA) is 105 Å². The highest BCUT2D eigenvalue weighted by Crippen LogP contribution is 2.32. The molecule has 0 spiro atoms. The molecule has 0 radical (unpaired) electrons. The Balaban J connectivity index is 1.75. The minimum Gasteiger partial charge on any atom is -0.506 e. The lowest BCUT2D eigenvalue weighted by Crippen LogP contribution is -2.13. The zero-order chi connectivity index (χ0) is 22.7. The van der Waals surface area contributed by atoms with Crippen LogP contribution in [-0.2, 0) is 0 Å². The zero-order valence-corrected chi connectivity index (χ0v) is 17.1. The zero-order valence-electron chi connectivity index (χ0n) is 17.1. The van der Waals surface area contributed by atoms with Crippen LogP contribution in [0.4, 0.5) is 17.1 Å². The Morgan fingerprint density at radius 2 is 1.72 bits per heavy atom. The maximum Gasteiger partial charge on any atom is 0.269 e. The molecule has 0 saturated carbocycles. The second-order valence-corrected chi connectivity index (χ2v) is 7.21. The van der Waals surface area contributed by atoms with E-state index < -0.39 is 10.8 Å². The average molecular weight is 425 g/mol. The molecule has 158 valence electrons. The van der Waals surface area contributed by atoms with Gasteiger partial charge in [0.25, 0.3) is 11.6 Å². The Labute approximate surface area is 183 Å². The minimum atomic E-state index is -0.483. The van der Waals surface area contributed by atoms with Crippen molar-refractivity contribution in [1.82, 2.24) is 0 Å². The number of rotatable bonds is 5. The van der Waals surface area contributed by atoms with Gasteiger partial charge in [0.2, 0.25) is 0 Å². The van der Waals surface area contributed by atoms with Gasteiger partial charge in [-0.05, 0) is 47.5 Å². The fourth-order valence-corrected chi connectivity index (χ4v) is 3.37. The first-order valence-corrected chi connectivity index (χ1v) is 9.84. The summed E-state index contributed by atoms with van der Waals surface area (Å²) in [4.78, 5) is 27.7. The second kappa shape index (κ2) is 8.69. The molecule has 7 heteroatoms. The highest BCUT2D eigenvalue weighted by Gasteiger charge is 2.18. The molecule has 0 aliphatic carbocycles. The van der Waals surface area contributed by atoms with Crippen LogP contribution in [0.25, 0.3) is 10.8 Å². The fourth-order valence-electron chi connectivity index (χ4n) is 3.37. The first-order chi connectivity index (χ1) is 15.4. The molecule has 0 unspecified atom stereocenters. The number of nitro groups is 1. The van der Waals surface area contributed by atoms with Crippen LogP contribution >= 0.6 is 0 Å². The van der Waals surface area contributed by atoms with Gasteiger partial charge in [0, 0.05) is 29.6 Å². The molecule has 0 bridgehead atoms. The highest BCUT2D eigenvalue weighted by atomic mass is 16.6. The van der Waals surface area contributed by atoms with Crippen LogP contribution in [0.15, 0.2) is 83.9 Å². The molecule has 0 atom stereocenters. The summed E-state index contributed by atoms with van der Waals surface area (Å²) in [6, 6.07) is 22.1. The standard InChI is InChI=1S/C25H19N3O4/c1-16-6-2-5-9-23(16)27-25(30)21-14-17-7-3-4-8-20(17)22(24(21)29)15-26-18-10-12-19(13-11-18)28(31)32/h2-15,29H,1H3,(H,27,30). The van der Waals surface area contributed by atoms with Crippen LogP contribution in [-0.4, -0.2) is 22.2 Å². The number of aliphatic imine (C=N–C) groups is 1. The lowest BCUT2D eigenvalue weighted by Gasteiger charge is -2.13. The van der Waals surface area contributed by atoms with E-state index in [9.17, 15) is 20.0 Å². The Hall–Kier alpha value is -4.52. The number of para-hydroxylation sites is 1. The highest BCUT2D eigenvalue weighted by molar-refractivity contribution is 6.13. The summed E-state index contributed by atoms with van der Waals surface area (Å²) < 4.78 is 0. The number of non-ortho nitro benzene ring substituents is 1. The van der Waals surface area contributed by atoms with Crippen molar-refractivity contribution in [2.24, 2.45) is 4.99 Å². The summed E-state index contributed by atoms with van der Waals surface area (Å²) in [5.41, 5.74) is 2.52. The van der Waals surface area contributed by atoms with Crippen LogP contribution in [0.2, 0.25) is 0 Å². The normalized spacial score (nSPS) is 11.0. The number of fused-ring (bicyclic) bond motifs is 1. The molecule has 7 nitrogen and oxygen atoms in total. The van der Waals surface area contributed by atoms with Gasteiger partial charge in [-0.25, -0.2) is 0 Å². The van der Waals surface area contributed by atoms with Gasteiger partial charge in [0.1, 0.15) is 5.75 Å². The summed E-state index contributed by atoms with van der Waals surface area (Å²) in [6.45, 7) is 1.89. The fraction of sp³-hybridized carbons (Fsp3) is 0.0400. The molecule has 4 aromatic rings. The van der Waals surface area contributed by atoms with Crippen LogP contribution < -0.4 is 5.32 Å². The number of hydrogen-bond donors (Lipinski definition) is 2. The maximum atomic E-state index is 13.0. The number of amides is 1. The second-order valence-electron chi connectivity index (χ2n) is 7.21. The average Bonchev–Trinajstić information content (AvgIpc) is 2.80. The molecule has 0 aliphatic heterocycles. The van der Waals surface area contributed by atoms with Crippen LogP contribution in [0, 0.1) is 17.0 Å². The number of hydrogen-bond acceptors (Lipinski definition) is 5. The minimum absolute atomic E-state index is 0.0351. The number of benzene rings is 4. The monoisotopic (exact) mass is 425 g/mol. The third-order valence-corrected chi connectivity index (χ3v) is 5.10. The molecule has 0 aromatic heterocycles. The van der Waals surface area contributed by atoms with E-state index in [0.29, 0.717) is 16.9 Å². The number of carbonyl (C=O) groups excluding carboxylic acids is 1. The van der Waals surface area contributed by atoms with Gasteiger partial charge in [-0.15, -0.1) is 0 Å². The number of aromatic hydroxyl groups is 1. The molecule has 0 heterocycles. The number of nitrogens with one attached hydrogen (secondary N) is 1. The third-order valence-electron chi connectivity index (χ3n) is 5.10. The molecule has 2 N–H and O–H groups in total. The van der Waals surface area contributed by atoms with Crippen molar-refractivity contribution < 1.29 is 14.8 Å². The molecule has 1 amide bonds. The van der Waals surface area contributed by atoms with E-state index in [1.807, 2.05) is 49.4 Å². The maximum absolute atomic E-state index is 13.0. The van der Waals surface area contributed by atoms with E-state index in [0.717, 1.165) is 16.3 Å². The van der Waals surface area contributed by atoms with E-state index in [4.69, 9.17) is 0 Å². The van der Waals surface area contributed by atoms with Crippen molar-refractivity contribution in [2.75, 3.05) is 5.32 Å². The van der Waals surface area contributed by atoms with Crippen molar-refractivity contribution in [1.29, 1.82) is 0 Å². The van der Waals surface area contributed by atoms with Gasteiger partial charge in [0.15, 0.2) is 0 Å². The first-order valence-electron chi connectivity index (χ1n) is 9.84. The lowest BCUT2D eigenvalue weighted by atomic mass is 9.99. The quantitative estimate of drug-likeness (QED) is 0.241. The summed E-state index contributed by atoms with van der Waals surface area (Å²) in [5, 5.41) is 26.1. The Kier molecular flexibility index (Phi) is 5.63. The number of carbonyl (C=O) groups is 1.